The van der Waals surface area contributed by atoms with Crippen molar-refractivity contribution in [2.45, 2.75) is 46.0 Å². The van der Waals surface area contributed by atoms with E-state index in [1.54, 1.807) is 0 Å². The summed E-state index contributed by atoms with van der Waals surface area (Å²) in [4.78, 5) is 0. The highest BCUT2D eigenvalue weighted by Gasteiger charge is 2.42. The third-order valence-corrected chi connectivity index (χ3v) is 4.84. The normalized spacial score (nSPS) is 22.2. The van der Waals surface area contributed by atoms with Crippen LogP contribution >= 0.6 is 11.6 Å². The van der Waals surface area contributed by atoms with Crippen LogP contribution in [-0.2, 0) is 11.8 Å². The summed E-state index contributed by atoms with van der Waals surface area (Å²) in [5, 5.41) is 0.941. The third-order valence-electron chi connectivity index (χ3n) is 4.48. The summed E-state index contributed by atoms with van der Waals surface area (Å²) in [6.07, 6.45) is 2.34. The molecule has 1 aliphatic rings. The fraction of sp³-hybridized carbons (Fsp3) is 0.571. The molecule has 82 valence electrons. The van der Waals surface area contributed by atoms with E-state index in [4.69, 9.17) is 11.6 Å². The van der Waals surface area contributed by atoms with Gasteiger partial charge in [0.25, 0.3) is 0 Å². The Morgan fingerprint density at radius 2 is 1.80 bits per heavy atom. The fourth-order valence-corrected chi connectivity index (χ4v) is 2.78. The second kappa shape index (κ2) is 3.25. The first-order chi connectivity index (χ1) is 6.86. The molecule has 0 saturated carbocycles. The summed E-state index contributed by atoms with van der Waals surface area (Å²) >= 11 is 6.26. The highest BCUT2D eigenvalue weighted by molar-refractivity contribution is 6.31. The summed E-state index contributed by atoms with van der Waals surface area (Å²) < 4.78 is 0. The number of rotatable bonds is 0. The maximum atomic E-state index is 6.26. The van der Waals surface area contributed by atoms with E-state index >= 15 is 0 Å². The Morgan fingerprint density at radius 3 is 2.47 bits per heavy atom. The number of hydrogen-bond donors (Lipinski definition) is 0. The van der Waals surface area contributed by atoms with Gasteiger partial charge in [-0.2, -0.15) is 0 Å². The molecule has 0 nitrogen and oxygen atoms in total. The fourth-order valence-electron chi connectivity index (χ4n) is 2.51. The van der Waals surface area contributed by atoms with Gasteiger partial charge >= 0.3 is 0 Å². The molecule has 1 aromatic rings. The Kier molecular flexibility index (Phi) is 2.38. The van der Waals surface area contributed by atoms with Crippen molar-refractivity contribution in [3.8, 4) is 0 Å². The van der Waals surface area contributed by atoms with Crippen LogP contribution in [0, 0.1) is 5.41 Å². The molecule has 0 fully saturated rings. The summed E-state index contributed by atoms with van der Waals surface area (Å²) in [5.41, 5.74) is 3.37. The van der Waals surface area contributed by atoms with Crippen molar-refractivity contribution >= 4 is 11.6 Å². The summed E-state index contributed by atoms with van der Waals surface area (Å²) in [6.45, 7) is 9.39. The van der Waals surface area contributed by atoms with E-state index < -0.39 is 0 Å². The Bertz CT molecular complexity index is 388. The van der Waals surface area contributed by atoms with Crippen molar-refractivity contribution in [2.24, 2.45) is 5.41 Å². The van der Waals surface area contributed by atoms with Crippen LogP contribution in [0.25, 0.3) is 0 Å². The van der Waals surface area contributed by atoms with Crippen LogP contribution in [0.4, 0.5) is 0 Å². The second-order valence-corrected chi connectivity index (χ2v) is 6.18. The zero-order chi connectivity index (χ0) is 11.3. The predicted octanol–water partition coefficient (Wildman–Crippen LogP) is 4.59. The van der Waals surface area contributed by atoms with E-state index in [2.05, 4.69) is 39.8 Å². The molecule has 2 rings (SSSR count). The van der Waals surface area contributed by atoms with E-state index in [-0.39, 0.29) is 5.41 Å². The molecule has 1 aromatic carbocycles. The lowest BCUT2D eigenvalue weighted by atomic mass is 9.57. The molecule has 0 heterocycles. The van der Waals surface area contributed by atoms with Crippen molar-refractivity contribution in [1.82, 2.24) is 0 Å². The van der Waals surface area contributed by atoms with Gasteiger partial charge in [-0.1, -0.05) is 51.4 Å². The molecule has 0 N–H and O–H groups in total. The van der Waals surface area contributed by atoms with E-state index in [1.807, 2.05) is 6.07 Å². The van der Waals surface area contributed by atoms with E-state index in [1.165, 1.54) is 17.5 Å². The smallest absolute Gasteiger partial charge is 0.0440 e. The topological polar surface area (TPSA) is 0 Å². The zero-order valence-corrected chi connectivity index (χ0v) is 10.8. The first-order valence-electron chi connectivity index (χ1n) is 5.64. The van der Waals surface area contributed by atoms with E-state index in [0.717, 1.165) is 11.4 Å². The summed E-state index contributed by atoms with van der Waals surface area (Å²) in [7, 11) is 0. The van der Waals surface area contributed by atoms with Gasteiger partial charge in [0, 0.05) is 5.02 Å². The van der Waals surface area contributed by atoms with Gasteiger partial charge in [-0.05, 0) is 40.9 Å². The SMILES string of the molecule is CC1(C)CCc2c(Cl)cccc2C1(C)C. The van der Waals surface area contributed by atoms with Gasteiger partial charge in [-0.15, -0.1) is 0 Å². The molecular formula is C14H19Cl. The Balaban J connectivity index is 2.63. The van der Waals surface area contributed by atoms with E-state index in [0.29, 0.717) is 5.41 Å². The summed E-state index contributed by atoms with van der Waals surface area (Å²) in [6, 6.07) is 6.32. The Hall–Kier alpha value is -0.490. The second-order valence-electron chi connectivity index (χ2n) is 5.77. The third kappa shape index (κ3) is 1.50. The largest absolute Gasteiger partial charge is 0.0840 e. The molecule has 0 saturated heterocycles. The standard InChI is InChI=1S/C14H19Cl/c1-13(2)9-8-10-11(14(13,3)4)6-5-7-12(10)15/h5-7H,8-9H2,1-4H3. The van der Waals surface area contributed by atoms with Crippen LogP contribution < -0.4 is 0 Å². The molecule has 0 spiro atoms. The number of fused-ring (bicyclic) bond motifs is 1. The number of halogens is 1. The van der Waals surface area contributed by atoms with Crippen LogP contribution in [0.2, 0.25) is 5.02 Å². The highest BCUT2D eigenvalue weighted by Crippen LogP contribution is 2.50. The van der Waals surface area contributed by atoms with Gasteiger partial charge < -0.3 is 0 Å². The van der Waals surface area contributed by atoms with Gasteiger partial charge in [-0.3, -0.25) is 0 Å². The van der Waals surface area contributed by atoms with E-state index in [9.17, 15) is 0 Å². The molecule has 1 heteroatoms. The molecule has 0 bridgehead atoms. The first kappa shape index (κ1) is 11.0. The summed E-state index contributed by atoms with van der Waals surface area (Å²) in [5.74, 6) is 0. The predicted molar refractivity (Wildman–Crippen MR) is 66.6 cm³/mol. The van der Waals surface area contributed by atoms with Crippen molar-refractivity contribution in [2.75, 3.05) is 0 Å². The molecule has 0 aliphatic heterocycles. The Labute approximate surface area is 97.6 Å². The van der Waals surface area contributed by atoms with Gasteiger partial charge in [0.2, 0.25) is 0 Å². The minimum absolute atomic E-state index is 0.214. The van der Waals surface area contributed by atoms with Crippen LogP contribution in [0.3, 0.4) is 0 Å². The average molecular weight is 223 g/mol. The van der Waals surface area contributed by atoms with Crippen LogP contribution in [0.15, 0.2) is 18.2 Å². The van der Waals surface area contributed by atoms with Crippen molar-refractivity contribution in [1.29, 1.82) is 0 Å². The quantitative estimate of drug-likeness (QED) is 0.602. The molecule has 1 aliphatic carbocycles. The van der Waals surface area contributed by atoms with Crippen molar-refractivity contribution in [3.05, 3.63) is 34.3 Å². The Morgan fingerprint density at radius 1 is 1.13 bits per heavy atom. The van der Waals surface area contributed by atoms with Crippen molar-refractivity contribution < 1.29 is 0 Å². The van der Waals surface area contributed by atoms with Crippen LogP contribution in [0.5, 0.6) is 0 Å². The zero-order valence-electron chi connectivity index (χ0n) is 10.0. The minimum Gasteiger partial charge on any atom is -0.0840 e. The maximum absolute atomic E-state index is 6.26. The highest BCUT2D eigenvalue weighted by atomic mass is 35.5. The molecule has 0 radical (unpaired) electrons. The molecular weight excluding hydrogens is 204 g/mol. The number of benzene rings is 1. The first-order valence-corrected chi connectivity index (χ1v) is 6.02. The monoisotopic (exact) mass is 222 g/mol. The minimum atomic E-state index is 0.214. The van der Waals surface area contributed by atoms with Crippen LogP contribution in [-0.4, -0.2) is 0 Å². The molecule has 15 heavy (non-hydrogen) atoms. The van der Waals surface area contributed by atoms with Gasteiger partial charge in [0.05, 0.1) is 0 Å². The van der Waals surface area contributed by atoms with Gasteiger partial charge in [0.1, 0.15) is 0 Å². The maximum Gasteiger partial charge on any atom is 0.0440 e. The molecule has 0 atom stereocenters. The lowest BCUT2D eigenvalue weighted by Crippen LogP contribution is -2.41. The molecule has 0 amide bonds. The average Bonchev–Trinajstić information content (AvgIpc) is 2.13. The lowest BCUT2D eigenvalue weighted by Gasteiger charge is -2.47. The lowest BCUT2D eigenvalue weighted by molar-refractivity contribution is 0.165. The van der Waals surface area contributed by atoms with Crippen LogP contribution in [0.1, 0.15) is 45.2 Å². The molecule has 0 aromatic heterocycles. The van der Waals surface area contributed by atoms with Gasteiger partial charge in [-0.25, -0.2) is 0 Å². The number of hydrogen-bond acceptors (Lipinski definition) is 0. The van der Waals surface area contributed by atoms with Gasteiger partial charge in [0.15, 0.2) is 0 Å². The molecule has 0 unspecified atom stereocenters. The van der Waals surface area contributed by atoms with Crippen molar-refractivity contribution in [3.63, 3.8) is 0 Å².